The minimum Gasteiger partial charge on any atom is -0.322 e. The van der Waals surface area contributed by atoms with Gasteiger partial charge in [-0.05, 0) is 66.3 Å². The molecular formula is C25H22N6OS. The summed E-state index contributed by atoms with van der Waals surface area (Å²) >= 11 is 1.59. The molecule has 164 valence electrons. The number of benzene rings is 2. The molecule has 1 fully saturated rings. The molecule has 0 saturated heterocycles. The number of aromatic amines is 1. The van der Waals surface area contributed by atoms with E-state index in [4.69, 9.17) is 0 Å². The maximum absolute atomic E-state index is 13.0. The Morgan fingerprint density at radius 1 is 1.21 bits per heavy atom. The van der Waals surface area contributed by atoms with Gasteiger partial charge < -0.3 is 5.32 Å². The number of nitrogens with zero attached hydrogens (tertiary/aromatic N) is 4. The summed E-state index contributed by atoms with van der Waals surface area (Å²) in [5.74, 6) is 7.28. The van der Waals surface area contributed by atoms with Gasteiger partial charge in [-0.25, -0.2) is 4.98 Å². The Hall–Kier alpha value is -3.83. The Morgan fingerprint density at radius 3 is 2.88 bits per heavy atom. The average Bonchev–Trinajstić information content (AvgIpc) is 3.49. The molecule has 2 aromatic carbocycles. The molecule has 1 amide bonds. The zero-order valence-corrected chi connectivity index (χ0v) is 18.9. The Bertz CT molecular complexity index is 1340. The van der Waals surface area contributed by atoms with Gasteiger partial charge >= 0.3 is 0 Å². The molecule has 7 nitrogen and oxygen atoms in total. The highest BCUT2D eigenvalue weighted by Gasteiger charge is 2.21. The van der Waals surface area contributed by atoms with Crippen molar-refractivity contribution in [3.8, 4) is 23.2 Å². The second kappa shape index (κ2) is 9.35. The molecule has 2 aromatic heterocycles. The highest BCUT2D eigenvalue weighted by Crippen LogP contribution is 2.36. The van der Waals surface area contributed by atoms with Crippen molar-refractivity contribution in [3.63, 3.8) is 0 Å². The Balaban J connectivity index is 1.31. The first-order chi connectivity index (χ1) is 16.2. The number of aromatic nitrogens is 5. The van der Waals surface area contributed by atoms with Gasteiger partial charge in [0.15, 0.2) is 5.01 Å². The number of tetrazole rings is 1. The van der Waals surface area contributed by atoms with Crippen LogP contribution in [0.1, 0.15) is 64.3 Å². The summed E-state index contributed by atoms with van der Waals surface area (Å²) < 4.78 is 0. The number of rotatable bonds is 5. The van der Waals surface area contributed by atoms with Gasteiger partial charge in [-0.15, -0.1) is 21.5 Å². The van der Waals surface area contributed by atoms with Crippen LogP contribution in [-0.2, 0) is 6.42 Å². The minimum atomic E-state index is -0.165. The van der Waals surface area contributed by atoms with Crippen LogP contribution in [0.3, 0.4) is 0 Å². The Morgan fingerprint density at radius 2 is 2.12 bits per heavy atom. The zero-order chi connectivity index (χ0) is 22.6. The van der Waals surface area contributed by atoms with Crippen LogP contribution in [0.4, 0.5) is 5.69 Å². The summed E-state index contributed by atoms with van der Waals surface area (Å²) in [6.07, 6.45) is 4.47. The van der Waals surface area contributed by atoms with Gasteiger partial charge in [0, 0.05) is 33.7 Å². The normalized spacial score (nSPS) is 13.1. The lowest BCUT2D eigenvalue weighted by molar-refractivity contribution is 0.102. The van der Waals surface area contributed by atoms with E-state index in [0.29, 0.717) is 29.4 Å². The molecule has 0 atom stereocenters. The maximum Gasteiger partial charge on any atom is 0.255 e. The molecule has 0 unspecified atom stereocenters. The van der Waals surface area contributed by atoms with Gasteiger partial charge in [0.05, 0.1) is 5.69 Å². The van der Waals surface area contributed by atoms with Crippen LogP contribution in [0.5, 0.6) is 0 Å². The maximum atomic E-state index is 13.0. The summed E-state index contributed by atoms with van der Waals surface area (Å²) in [6.45, 7) is 2.01. The van der Waals surface area contributed by atoms with Crippen molar-refractivity contribution in [2.24, 2.45) is 0 Å². The molecule has 1 aliphatic rings. The quantitative estimate of drug-likeness (QED) is 0.422. The van der Waals surface area contributed by atoms with Gasteiger partial charge in [0.25, 0.3) is 5.91 Å². The van der Waals surface area contributed by atoms with Gasteiger partial charge in [-0.3, -0.25) is 4.79 Å². The predicted molar refractivity (Wildman–Crippen MR) is 128 cm³/mol. The number of carbonyl (C=O) groups is 1. The van der Waals surface area contributed by atoms with Crippen LogP contribution < -0.4 is 5.32 Å². The molecule has 0 spiro atoms. The van der Waals surface area contributed by atoms with Crippen LogP contribution in [0.2, 0.25) is 0 Å². The number of H-pyrrole nitrogens is 1. The first kappa shape index (κ1) is 21.0. The highest BCUT2D eigenvalue weighted by molar-refractivity contribution is 7.10. The summed E-state index contributed by atoms with van der Waals surface area (Å²) in [6, 6.07) is 13.1. The number of anilines is 1. The van der Waals surface area contributed by atoms with E-state index >= 15 is 0 Å². The number of hydrogen-bond donors (Lipinski definition) is 2. The number of aryl methyl sites for hydroxylation is 1. The Kier molecular flexibility index (Phi) is 5.96. The van der Waals surface area contributed by atoms with E-state index in [2.05, 4.69) is 48.1 Å². The third-order valence-corrected chi connectivity index (χ3v) is 6.59. The van der Waals surface area contributed by atoms with Gasteiger partial charge in [0.1, 0.15) is 0 Å². The summed E-state index contributed by atoms with van der Waals surface area (Å²) in [5, 5.41) is 20.0. The molecule has 33 heavy (non-hydrogen) atoms. The van der Waals surface area contributed by atoms with E-state index in [0.717, 1.165) is 21.7 Å². The molecule has 5 rings (SSSR count). The lowest BCUT2D eigenvalue weighted by atomic mass is 9.83. The van der Waals surface area contributed by atoms with Crippen molar-refractivity contribution < 1.29 is 4.79 Å². The molecular weight excluding hydrogens is 432 g/mol. The first-order valence-electron chi connectivity index (χ1n) is 10.9. The van der Waals surface area contributed by atoms with Gasteiger partial charge in [-0.2, -0.15) is 5.21 Å². The predicted octanol–water partition coefficient (Wildman–Crippen LogP) is 4.81. The minimum absolute atomic E-state index is 0.165. The van der Waals surface area contributed by atoms with E-state index in [9.17, 15) is 4.79 Å². The lowest BCUT2D eigenvalue weighted by Gasteiger charge is -2.22. The topological polar surface area (TPSA) is 96.5 Å². The lowest BCUT2D eigenvalue weighted by Crippen LogP contribution is -2.14. The molecule has 2 N–H and O–H groups in total. The largest absolute Gasteiger partial charge is 0.322 e. The van der Waals surface area contributed by atoms with Gasteiger partial charge in [0.2, 0.25) is 5.82 Å². The second-order valence-electron chi connectivity index (χ2n) is 7.95. The Labute approximate surface area is 195 Å². The molecule has 8 heteroatoms. The average molecular weight is 455 g/mol. The fourth-order valence-corrected chi connectivity index (χ4v) is 4.51. The van der Waals surface area contributed by atoms with E-state index in [-0.39, 0.29) is 5.91 Å². The summed E-state index contributed by atoms with van der Waals surface area (Å²) in [5.41, 5.74) is 5.05. The van der Waals surface area contributed by atoms with Crippen molar-refractivity contribution in [2.45, 2.75) is 38.5 Å². The van der Waals surface area contributed by atoms with Crippen molar-refractivity contribution in [2.75, 3.05) is 5.32 Å². The first-order valence-corrected chi connectivity index (χ1v) is 11.8. The zero-order valence-electron chi connectivity index (χ0n) is 18.1. The van der Waals surface area contributed by atoms with Crippen LogP contribution in [0, 0.1) is 11.8 Å². The third kappa shape index (κ3) is 4.69. The standard InChI is InChI=1S/C25H22N6OS/c1-2-17-14-19(24-28-30-31-29-24)10-11-21(17)25(32)26-20-8-3-5-16(13-20)9-12-23-27-22(15-33-23)18-6-4-7-18/h3,5,8,10-11,13-15,18H,2,4,6-7H2,1H3,(H,26,32)(H,28,29,30,31). The SMILES string of the molecule is CCc1cc(-c2nn[nH]n2)ccc1C(=O)Nc1cccc(C#Cc2nc(C3CCC3)cs2)c1. The molecule has 1 aliphatic carbocycles. The highest BCUT2D eigenvalue weighted by atomic mass is 32.1. The smallest absolute Gasteiger partial charge is 0.255 e. The van der Waals surface area contributed by atoms with E-state index < -0.39 is 0 Å². The van der Waals surface area contributed by atoms with E-state index in [1.165, 1.54) is 25.0 Å². The molecule has 2 heterocycles. The number of nitrogens with one attached hydrogen (secondary N) is 2. The molecule has 1 saturated carbocycles. The summed E-state index contributed by atoms with van der Waals surface area (Å²) in [7, 11) is 0. The number of hydrogen-bond acceptors (Lipinski definition) is 6. The van der Waals surface area contributed by atoms with Crippen LogP contribution in [0.25, 0.3) is 11.4 Å². The number of thiazole rings is 1. The van der Waals surface area contributed by atoms with Crippen molar-refractivity contribution >= 4 is 22.9 Å². The number of amides is 1. The van der Waals surface area contributed by atoms with Crippen LogP contribution >= 0.6 is 11.3 Å². The van der Waals surface area contributed by atoms with E-state index in [1.807, 2.05) is 43.3 Å². The fourth-order valence-electron chi connectivity index (χ4n) is 3.76. The monoisotopic (exact) mass is 454 g/mol. The van der Waals surface area contributed by atoms with Crippen LogP contribution in [0.15, 0.2) is 47.8 Å². The van der Waals surface area contributed by atoms with Crippen molar-refractivity contribution in [1.29, 1.82) is 0 Å². The molecule has 0 aliphatic heterocycles. The molecule has 0 bridgehead atoms. The van der Waals surface area contributed by atoms with Crippen molar-refractivity contribution in [1.82, 2.24) is 25.6 Å². The third-order valence-electron chi connectivity index (χ3n) is 5.81. The molecule has 4 aromatic rings. The number of carbonyl (C=O) groups excluding carboxylic acids is 1. The second-order valence-corrected chi connectivity index (χ2v) is 8.81. The van der Waals surface area contributed by atoms with Crippen LogP contribution in [-0.4, -0.2) is 31.5 Å². The van der Waals surface area contributed by atoms with Gasteiger partial charge in [-0.1, -0.05) is 31.4 Å². The van der Waals surface area contributed by atoms with E-state index in [1.54, 1.807) is 17.4 Å². The fraction of sp³-hybridized carbons (Fsp3) is 0.240. The molecule has 0 radical (unpaired) electrons. The van der Waals surface area contributed by atoms with Crippen molar-refractivity contribution in [3.05, 3.63) is 75.2 Å². The summed E-state index contributed by atoms with van der Waals surface area (Å²) in [4.78, 5) is 17.6.